The van der Waals surface area contributed by atoms with Gasteiger partial charge in [-0.05, 0) is 37.3 Å². The molecule has 0 radical (unpaired) electrons. The van der Waals surface area contributed by atoms with E-state index in [1.165, 1.54) is 0 Å². The van der Waals surface area contributed by atoms with E-state index in [-0.39, 0.29) is 11.8 Å². The van der Waals surface area contributed by atoms with Crippen LogP contribution in [0.25, 0.3) is 10.9 Å². The highest BCUT2D eigenvalue weighted by Gasteiger charge is 2.13. The van der Waals surface area contributed by atoms with Crippen molar-refractivity contribution in [1.82, 2.24) is 4.98 Å². The highest BCUT2D eigenvalue weighted by molar-refractivity contribution is 6.29. The summed E-state index contributed by atoms with van der Waals surface area (Å²) in [6.45, 7) is 1.98. The number of alkyl halides is 1. The minimum absolute atomic E-state index is 0.114. The summed E-state index contributed by atoms with van der Waals surface area (Å²) < 4.78 is 5.33. The van der Waals surface area contributed by atoms with Gasteiger partial charge in [-0.25, -0.2) is 0 Å². The monoisotopic (exact) mass is 369 g/mol. The largest absolute Gasteiger partial charge is 0.495 e. The summed E-state index contributed by atoms with van der Waals surface area (Å²) in [5.74, 6) is 0.184. The van der Waals surface area contributed by atoms with E-state index in [2.05, 4.69) is 15.2 Å². The van der Waals surface area contributed by atoms with E-state index >= 15 is 0 Å². The predicted molar refractivity (Wildman–Crippen MR) is 107 cm³/mol. The van der Waals surface area contributed by atoms with E-state index in [0.717, 1.165) is 28.0 Å². The molecule has 0 atom stereocenters. The second-order valence-corrected chi connectivity index (χ2v) is 6.19. The van der Waals surface area contributed by atoms with Gasteiger partial charge in [0.25, 0.3) is 0 Å². The first-order valence-corrected chi connectivity index (χ1v) is 8.71. The molecule has 0 fully saturated rings. The molecule has 0 bridgehead atoms. The molecular formula is C20H20ClN3O2. The number of halogens is 1. The van der Waals surface area contributed by atoms with Gasteiger partial charge in [0, 0.05) is 23.8 Å². The number of nitrogens with zero attached hydrogens (tertiary/aromatic N) is 2. The Morgan fingerprint density at radius 2 is 2.00 bits per heavy atom. The summed E-state index contributed by atoms with van der Waals surface area (Å²) in [4.78, 5) is 18.4. The predicted octanol–water partition coefficient (Wildman–Crippen LogP) is 4.50. The van der Waals surface area contributed by atoms with Gasteiger partial charge in [-0.3, -0.25) is 9.78 Å². The molecule has 3 rings (SSSR count). The Morgan fingerprint density at radius 3 is 2.73 bits per heavy atom. The topological polar surface area (TPSA) is 54.5 Å². The zero-order chi connectivity index (χ0) is 18.7. The quantitative estimate of drug-likeness (QED) is 0.673. The van der Waals surface area contributed by atoms with E-state index in [1.807, 2.05) is 62.5 Å². The first-order chi connectivity index (χ1) is 12.5. The number of nitrogens with one attached hydrogen (secondary N) is 1. The molecule has 1 amide bonds. The van der Waals surface area contributed by atoms with Crippen molar-refractivity contribution in [3.63, 3.8) is 0 Å². The fourth-order valence-electron chi connectivity index (χ4n) is 2.89. The van der Waals surface area contributed by atoms with Crippen molar-refractivity contribution < 1.29 is 9.53 Å². The molecule has 0 unspecified atom stereocenters. The lowest BCUT2D eigenvalue weighted by Gasteiger charge is -2.23. The standard InChI is InChI=1S/C20H20ClN3O2/c1-13-10-18(15-6-4-5-7-16(15)22-13)24(2)14-8-9-19(26-3)17(11-14)23-20(25)12-21/h4-11H,12H2,1-3H3,(H,23,25). The van der Waals surface area contributed by atoms with Crippen LogP contribution in [0.1, 0.15) is 5.69 Å². The van der Waals surface area contributed by atoms with Crippen molar-refractivity contribution in [2.45, 2.75) is 6.92 Å². The molecule has 134 valence electrons. The molecule has 1 heterocycles. The molecular weight excluding hydrogens is 350 g/mol. The summed E-state index contributed by atoms with van der Waals surface area (Å²) in [5, 5.41) is 3.83. The minimum atomic E-state index is -0.282. The number of aromatic nitrogens is 1. The lowest BCUT2D eigenvalue weighted by Crippen LogP contribution is -2.15. The highest BCUT2D eigenvalue weighted by Crippen LogP contribution is 2.35. The van der Waals surface area contributed by atoms with Gasteiger partial charge in [-0.2, -0.15) is 0 Å². The first kappa shape index (κ1) is 18.0. The fraction of sp³-hybridized carbons (Fsp3) is 0.200. The molecule has 6 heteroatoms. The van der Waals surface area contributed by atoms with Crippen LogP contribution >= 0.6 is 11.6 Å². The van der Waals surface area contributed by atoms with E-state index in [1.54, 1.807) is 7.11 Å². The Morgan fingerprint density at radius 1 is 1.23 bits per heavy atom. The number of anilines is 3. The van der Waals surface area contributed by atoms with Crippen LogP contribution in [0.15, 0.2) is 48.5 Å². The van der Waals surface area contributed by atoms with Crippen LogP contribution in [0.3, 0.4) is 0 Å². The number of rotatable bonds is 5. The summed E-state index contributed by atoms with van der Waals surface area (Å²) in [7, 11) is 3.55. The summed E-state index contributed by atoms with van der Waals surface area (Å²) >= 11 is 5.61. The van der Waals surface area contributed by atoms with Crippen molar-refractivity contribution in [3.05, 3.63) is 54.2 Å². The van der Waals surface area contributed by atoms with E-state index in [9.17, 15) is 4.79 Å². The Kier molecular flexibility index (Phi) is 5.28. The zero-order valence-electron chi connectivity index (χ0n) is 14.9. The van der Waals surface area contributed by atoms with Crippen molar-refractivity contribution in [3.8, 4) is 5.75 Å². The molecule has 0 spiro atoms. The number of hydrogen-bond acceptors (Lipinski definition) is 4. The zero-order valence-corrected chi connectivity index (χ0v) is 15.7. The van der Waals surface area contributed by atoms with Crippen LogP contribution in [0.2, 0.25) is 0 Å². The van der Waals surface area contributed by atoms with E-state index < -0.39 is 0 Å². The Hall–Kier alpha value is -2.79. The molecule has 2 aromatic carbocycles. The maximum atomic E-state index is 11.7. The van der Waals surface area contributed by atoms with Crippen molar-refractivity contribution in [1.29, 1.82) is 0 Å². The number of carbonyl (C=O) groups excluding carboxylic acids is 1. The number of methoxy groups -OCH3 is 1. The van der Waals surface area contributed by atoms with Crippen LogP contribution in [0.4, 0.5) is 17.1 Å². The van der Waals surface area contributed by atoms with Crippen LogP contribution < -0.4 is 15.0 Å². The van der Waals surface area contributed by atoms with Crippen LogP contribution in [0, 0.1) is 6.92 Å². The van der Waals surface area contributed by atoms with Crippen LogP contribution in [-0.4, -0.2) is 30.9 Å². The average Bonchev–Trinajstić information content (AvgIpc) is 2.66. The SMILES string of the molecule is COc1ccc(N(C)c2cc(C)nc3ccccc23)cc1NC(=O)CCl. The lowest BCUT2D eigenvalue weighted by molar-refractivity contribution is -0.113. The second-order valence-electron chi connectivity index (χ2n) is 5.93. The van der Waals surface area contributed by atoms with Gasteiger partial charge in [-0.15, -0.1) is 11.6 Å². The number of hydrogen-bond donors (Lipinski definition) is 1. The number of fused-ring (bicyclic) bond motifs is 1. The minimum Gasteiger partial charge on any atom is -0.495 e. The van der Waals surface area contributed by atoms with Crippen LogP contribution in [0.5, 0.6) is 5.75 Å². The van der Waals surface area contributed by atoms with E-state index in [4.69, 9.17) is 16.3 Å². The molecule has 1 N–H and O–H groups in total. The van der Waals surface area contributed by atoms with Crippen molar-refractivity contribution in [2.24, 2.45) is 0 Å². The smallest absolute Gasteiger partial charge is 0.239 e. The maximum absolute atomic E-state index is 11.7. The summed E-state index contributed by atoms with van der Waals surface area (Å²) in [5.41, 5.74) is 4.41. The van der Waals surface area contributed by atoms with E-state index in [0.29, 0.717) is 11.4 Å². The molecule has 3 aromatic rings. The number of amides is 1. The lowest BCUT2D eigenvalue weighted by atomic mass is 10.1. The van der Waals surface area contributed by atoms with Crippen LogP contribution in [-0.2, 0) is 4.79 Å². The number of ether oxygens (including phenoxy) is 1. The Labute approximate surface area is 157 Å². The molecule has 26 heavy (non-hydrogen) atoms. The molecule has 1 aromatic heterocycles. The number of para-hydroxylation sites is 1. The average molecular weight is 370 g/mol. The summed E-state index contributed by atoms with van der Waals surface area (Å²) in [6, 6.07) is 15.7. The third-order valence-corrected chi connectivity index (χ3v) is 4.39. The second kappa shape index (κ2) is 7.62. The molecule has 0 aliphatic carbocycles. The molecule has 0 aliphatic rings. The van der Waals surface area contributed by atoms with Gasteiger partial charge >= 0.3 is 0 Å². The normalized spacial score (nSPS) is 10.6. The van der Waals surface area contributed by atoms with Gasteiger partial charge in [0.05, 0.1) is 24.0 Å². The fourth-order valence-corrected chi connectivity index (χ4v) is 2.95. The Bertz CT molecular complexity index is 959. The number of pyridine rings is 1. The van der Waals surface area contributed by atoms with Gasteiger partial charge in [-0.1, -0.05) is 18.2 Å². The van der Waals surface area contributed by atoms with Crippen molar-refractivity contribution in [2.75, 3.05) is 30.3 Å². The number of carbonyl (C=O) groups is 1. The van der Waals surface area contributed by atoms with Gasteiger partial charge in [0.15, 0.2) is 0 Å². The summed E-state index contributed by atoms with van der Waals surface area (Å²) in [6.07, 6.45) is 0. The number of aryl methyl sites for hydroxylation is 1. The third-order valence-electron chi connectivity index (χ3n) is 4.15. The molecule has 5 nitrogen and oxygen atoms in total. The van der Waals surface area contributed by atoms with Crippen molar-refractivity contribution >= 4 is 45.5 Å². The Balaban J connectivity index is 2.07. The van der Waals surface area contributed by atoms with Gasteiger partial charge in [0.2, 0.25) is 5.91 Å². The maximum Gasteiger partial charge on any atom is 0.239 e. The molecule has 0 saturated carbocycles. The van der Waals surface area contributed by atoms with Gasteiger partial charge < -0.3 is 15.0 Å². The first-order valence-electron chi connectivity index (χ1n) is 8.17. The molecule has 0 aliphatic heterocycles. The molecule has 0 saturated heterocycles. The highest BCUT2D eigenvalue weighted by atomic mass is 35.5. The number of benzene rings is 2. The third kappa shape index (κ3) is 3.58. The van der Waals surface area contributed by atoms with Gasteiger partial charge in [0.1, 0.15) is 11.6 Å².